The molecule has 2 rings (SSSR count). The second kappa shape index (κ2) is 5.76. The Kier molecular flexibility index (Phi) is 4.25. The van der Waals surface area contributed by atoms with Crippen LogP contribution in [0.4, 0.5) is 8.78 Å². The van der Waals surface area contributed by atoms with Crippen LogP contribution in [0, 0.1) is 11.6 Å². The van der Waals surface area contributed by atoms with Crippen LogP contribution in [-0.4, -0.2) is 8.42 Å². The van der Waals surface area contributed by atoms with Gasteiger partial charge in [0.15, 0.2) is 5.75 Å². The summed E-state index contributed by atoms with van der Waals surface area (Å²) < 4.78 is 54.0. The number of hydrogen-bond acceptors (Lipinski definition) is 3. The van der Waals surface area contributed by atoms with E-state index in [1.54, 1.807) is 0 Å². The Morgan fingerprint density at radius 3 is 2.20 bits per heavy atom. The predicted molar refractivity (Wildman–Crippen MR) is 71.1 cm³/mol. The van der Waals surface area contributed by atoms with Gasteiger partial charge in [0.2, 0.25) is 0 Å². The van der Waals surface area contributed by atoms with Gasteiger partial charge in [-0.15, -0.1) is 0 Å². The van der Waals surface area contributed by atoms with Crippen molar-refractivity contribution in [1.82, 2.24) is 0 Å². The number of benzene rings is 2. The van der Waals surface area contributed by atoms with Crippen molar-refractivity contribution in [2.75, 3.05) is 0 Å². The molecule has 0 unspecified atom stereocenters. The fourth-order valence-corrected chi connectivity index (χ4v) is 2.82. The molecular formula is C13H9ClF2O3S. The fraction of sp³-hybridized carbons (Fsp3) is 0.0769. The molecule has 3 nitrogen and oxygen atoms in total. The van der Waals surface area contributed by atoms with Crippen molar-refractivity contribution in [3.63, 3.8) is 0 Å². The maximum atomic E-state index is 12.8. The molecule has 0 amide bonds. The maximum Gasteiger partial charge on any atom is 0.313 e. The lowest BCUT2D eigenvalue weighted by atomic mass is 10.2. The Hall–Kier alpha value is -1.66. The normalized spacial score (nSPS) is 11.3. The summed E-state index contributed by atoms with van der Waals surface area (Å²) in [5.41, 5.74) is 0.365. The average molecular weight is 319 g/mol. The van der Waals surface area contributed by atoms with Crippen LogP contribution in [0.5, 0.6) is 5.75 Å². The minimum absolute atomic E-state index is 0.146. The van der Waals surface area contributed by atoms with Crippen molar-refractivity contribution < 1.29 is 21.4 Å². The monoisotopic (exact) mass is 318 g/mol. The first-order valence-electron chi connectivity index (χ1n) is 5.47. The van der Waals surface area contributed by atoms with Crippen LogP contribution < -0.4 is 4.18 Å². The molecule has 20 heavy (non-hydrogen) atoms. The maximum absolute atomic E-state index is 12.8. The summed E-state index contributed by atoms with van der Waals surface area (Å²) in [6.45, 7) is 0. The third kappa shape index (κ3) is 3.91. The van der Waals surface area contributed by atoms with Gasteiger partial charge in [-0.3, -0.25) is 0 Å². The standard InChI is InChI=1S/C13H9ClF2O3S/c14-12-7-11(16)5-6-13(12)19-20(17,18)8-9-1-3-10(15)4-2-9/h1-7H,8H2. The van der Waals surface area contributed by atoms with Gasteiger partial charge in [0.05, 0.1) is 5.02 Å². The summed E-state index contributed by atoms with van der Waals surface area (Å²) in [5, 5.41) is -0.146. The molecular weight excluding hydrogens is 310 g/mol. The van der Waals surface area contributed by atoms with E-state index < -0.39 is 27.5 Å². The van der Waals surface area contributed by atoms with Crippen molar-refractivity contribution in [2.24, 2.45) is 0 Å². The van der Waals surface area contributed by atoms with E-state index in [0.717, 1.165) is 30.3 Å². The van der Waals surface area contributed by atoms with E-state index in [2.05, 4.69) is 0 Å². The highest BCUT2D eigenvalue weighted by Crippen LogP contribution is 2.27. The Morgan fingerprint density at radius 1 is 1.00 bits per heavy atom. The fourth-order valence-electron chi connectivity index (χ4n) is 1.49. The van der Waals surface area contributed by atoms with Crippen molar-refractivity contribution in [2.45, 2.75) is 5.75 Å². The van der Waals surface area contributed by atoms with E-state index in [-0.39, 0.29) is 10.8 Å². The van der Waals surface area contributed by atoms with Crippen LogP contribution in [0.1, 0.15) is 5.56 Å². The van der Waals surface area contributed by atoms with E-state index in [1.807, 2.05) is 0 Å². The minimum Gasteiger partial charge on any atom is -0.381 e. The van der Waals surface area contributed by atoms with E-state index in [9.17, 15) is 17.2 Å². The molecule has 106 valence electrons. The quantitative estimate of drug-likeness (QED) is 0.810. The van der Waals surface area contributed by atoms with Crippen molar-refractivity contribution >= 4 is 21.7 Å². The van der Waals surface area contributed by atoms with Crippen molar-refractivity contribution in [3.05, 3.63) is 64.7 Å². The van der Waals surface area contributed by atoms with Gasteiger partial charge in [-0.1, -0.05) is 23.7 Å². The van der Waals surface area contributed by atoms with E-state index in [0.29, 0.717) is 5.56 Å². The van der Waals surface area contributed by atoms with E-state index in [4.69, 9.17) is 15.8 Å². The van der Waals surface area contributed by atoms with Gasteiger partial charge in [-0.2, -0.15) is 8.42 Å². The summed E-state index contributed by atoms with van der Waals surface area (Å²) in [6, 6.07) is 8.08. The van der Waals surface area contributed by atoms with Gasteiger partial charge >= 0.3 is 10.1 Å². The van der Waals surface area contributed by atoms with Gasteiger partial charge in [0.25, 0.3) is 0 Å². The summed E-state index contributed by atoms with van der Waals surface area (Å²) >= 11 is 5.68. The average Bonchev–Trinajstić information content (AvgIpc) is 2.35. The first-order chi connectivity index (χ1) is 9.35. The zero-order valence-corrected chi connectivity index (χ0v) is 11.6. The van der Waals surface area contributed by atoms with Crippen LogP contribution >= 0.6 is 11.6 Å². The van der Waals surface area contributed by atoms with Gasteiger partial charge < -0.3 is 4.18 Å². The molecule has 2 aromatic carbocycles. The second-order valence-electron chi connectivity index (χ2n) is 3.99. The van der Waals surface area contributed by atoms with Crippen LogP contribution in [0.3, 0.4) is 0 Å². The molecule has 0 aliphatic heterocycles. The second-order valence-corrected chi connectivity index (χ2v) is 5.96. The molecule has 0 aliphatic carbocycles. The molecule has 0 atom stereocenters. The first-order valence-corrected chi connectivity index (χ1v) is 7.43. The molecule has 0 aromatic heterocycles. The van der Waals surface area contributed by atoms with E-state index in [1.165, 1.54) is 12.1 Å². The van der Waals surface area contributed by atoms with Gasteiger partial charge in [-0.05, 0) is 35.9 Å². The molecule has 2 aromatic rings. The highest BCUT2D eigenvalue weighted by Gasteiger charge is 2.16. The Bertz CT molecular complexity index is 715. The molecule has 0 saturated carbocycles. The van der Waals surface area contributed by atoms with Crippen LogP contribution in [0.2, 0.25) is 5.02 Å². The smallest absolute Gasteiger partial charge is 0.313 e. The SMILES string of the molecule is O=S(=O)(Cc1ccc(F)cc1)Oc1ccc(F)cc1Cl. The summed E-state index contributed by atoms with van der Waals surface area (Å²) in [5.74, 6) is -1.66. The lowest BCUT2D eigenvalue weighted by molar-refractivity contribution is 0.484. The Balaban J connectivity index is 2.17. The van der Waals surface area contributed by atoms with Crippen LogP contribution in [-0.2, 0) is 15.9 Å². The van der Waals surface area contributed by atoms with E-state index >= 15 is 0 Å². The van der Waals surface area contributed by atoms with Gasteiger partial charge in [0.1, 0.15) is 17.4 Å². The van der Waals surface area contributed by atoms with Crippen molar-refractivity contribution in [1.29, 1.82) is 0 Å². The minimum atomic E-state index is -3.97. The molecule has 0 spiro atoms. The predicted octanol–water partition coefficient (Wildman–Crippen LogP) is 3.53. The molecule has 0 aliphatic rings. The number of halogens is 3. The topological polar surface area (TPSA) is 43.4 Å². The van der Waals surface area contributed by atoms with Gasteiger partial charge in [-0.25, -0.2) is 8.78 Å². The largest absolute Gasteiger partial charge is 0.381 e. The first kappa shape index (κ1) is 14.7. The van der Waals surface area contributed by atoms with Crippen LogP contribution in [0.15, 0.2) is 42.5 Å². The van der Waals surface area contributed by atoms with Crippen LogP contribution in [0.25, 0.3) is 0 Å². The zero-order valence-electron chi connectivity index (χ0n) is 10.0. The molecule has 0 saturated heterocycles. The van der Waals surface area contributed by atoms with Gasteiger partial charge in [0, 0.05) is 0 Å². The Labute approximate surface area is 119 Å². The zero-order chi connectivity index (χ0) is 14.8. The lowest BCUT2D eigenvalue weighted by Crippen LogP contribution is -2.12. The summed E-state index contributed by atoms with van der Waals surface area (Å²) in [4.78, 5) is 0. The Morgan fingerprint density at radius 2 is 1.60 bits per heavy atom. The number of hydrogen-bond donors (Lipinski definition) is 0. The highest BCUT2D eigenvalue weighted by molar-refractivity contribution is 7.86. The third-order valence-corrected chi connectivity index (χ3v) is 3.78. The molecule has 0 bridgehead atoms. The highest BCUT2D eigenvalue weighted by atomic mass is 35.5. The molecule has 7 heteroatoms. The lowest BCUT2D eigenvalue weighted by Gasteiger charge is -2.08. The summed E-state index contributed by atoms with van der Waals surface area (Å²) in [7, 11) is -3.97. The molecule has 0 N–H and O–H groups in total. The molecule has 0 heterocycles. The molecule has 0 radical (unpaired) electrons. The molecule has 0 fully saturated rings. The number of rotatable bonds is 4. The van der Waals surface area contributed by atoms with Crippen molar-refractivity contribution in [3.8, 4) is 5.75 Å². The third-order valence-electron chi connectivity index (χ3n) is 2.37. The summed E-state index contributed by atoms with van der Waals surface area (Å²) in [6.07, 6.45) is 0.